The summed E-state index contributed by atoms with van der Waals surface area (Å²) >= 11 is 0. The molecule has 0 aromatic heterocycles. The second-order valence-electron chi connectivity index (χ2n) is 7.25. The second-order valence-corrected chi connectivity index (χ2v) is 9.77. The van der Waals surface area contributed by atoms with Crippen LogP contribution in [0.15, 0.2) is 24.3 Å². The third kappa shape index (κ3) is 8.50. The number of carbonyl (C=O) groups excluding carboxylic acids is 1. The highest BCUT2D eigenvalue weighted by Gasteiger charge is 2.27. The van der Waals surface area contributed by atoms with Crippen molar-refractivity contribution < 1.29 is 13.2 Å². The normalized spacial score (nSPS) is 12.1. The molecule has 0 saturated heterocycles. The Kier molecular flexibility index (Phi) is 9.14. The van der Waals surface area contributed by atoms with Crippen molar-refractivity contribution in [2.45, 2.75) is 64.0 Å². The molecule has 0 aliphatic carbocycles. The molecule has 0 amide bonds. The first-order chi connectivity index (χ1) is 11.8. The minimum absolute atomic E-state index is 0.495. The molecule has 2 N–H and O–H groups in total. The van der Waals surface area contributed by atoms with Gasteiger partial charge in [-0.05, 0) is 64.2 Å². The highest BCUT2D eigenvalue weighted by atomic mass is 32.2. The van der Waals surface area contributed by atoms with Gasteiger partial charge in [-0.15, -0.1) is 0 Å². The van der Waals surface area contributed by atoms with Gasteiger partial charge in [0, 0.05) is 25.2 Å². The summed E-state index contributed by atoms with van der Waals surface area (Å²) in [5.41, 5.74) is 2.34. The number of nitrogens with one attached hydrogen (secondary N) is 2. The monoisotopic (exact) mass is 368 g/mol. The van der Waals surface area contributed by atoms with Gasteiger partial charge in [0.2, 0.25) is 10.0 Å². The van der Waals surface area contributed by atoms with Gasteiger partial charge < -0.3 is 10.1 Å². The number of rotatable bonds is 12. The fourth-order valence-electron chi connectivity index (χ4n) is 2.26. The number of hydrogen-bond acceptors (Lipinski definition) is 4. The highest BCUT2D eigenvalue weighted by Crippen LogP contribution is 2.13. The third-order valence-corrected chi connectivity index (χ3v) is 6.22. The molecule has 0 atom stereocenters. The number of aldehydes is 1. The van der Waals surface area contributed by atoms with Crippen LogP contribution >= 0.6 is 0 Å². The van der Waals surface area contributed by atoms with E-state index in [2.05, 4.69) is 34.3 Å². The fourth-order valence-corrected chi connectivity index (χ4v) is 3.11. The van der Waals surface area contributed by atoms with Crippen LogP contribution in [0.1, 0.15) is 58.4 Å². The van der Waals surface area contributed by atoms with E-state index in [-0.39, 0.29) is 0 Å². The molecular formula is C19H32N2O3S. The van der Waals surface area contributed by atoms with Crippen LogP contribution in [0.4, 0.5) is 5.69 Å². The van der Waals surface area contributed by atoms with Gasteiger partial charge in [0.05, 0.1) is 4.75 Å². The van der Waals surface area contributed by atoms with Gasteiger partial charge in [0.15, 0.2) is 0 Å². The predicted molar refractivity (Wildman–Crippen MR) is 104 cm³/mol. The van der Waals surface area contributed by atoms with Crippen LogP contribution in [-0.2, 0) is 21.2 Å². The highest BCUT2D eigenvalue weighted by molar-refractivity contribution is 7.90. The van der Waals surface area contributed by atoms with Crippen molar-refractivity contribution >= 4 is 22.0 Å². The van der Waals surface area contributed by atoms with E-state index in [9.17, 15) is 13.2 Å². The van der Waals surface area contributed by atoms with E-state index in [0.29, 0.717) is 13.0 Å². The van der Waals surface area contributed by atoms with Crippen LogP contribution in [0.25, 0.3) is 0 Å². The molecule has 25 heavy (non-hydrogen) atoms. The maximum atomic E-state index is 11.9. The van der Waals surface area contributed by atoms with Gasteiger partial charge in [-0.2, -0.15) is 0 Å². The van der Waals surface area contributed by atoms with E-state index in [1.807, 2.05) is 0 Å². The Bertz CT molecular complexity index is 605. The van der Waals surface area contributed by atoms with Gasteiger partial charge in [0.1, 0.15) is 6.29 Å². The topological polar surface area (TPSA) is 75.3 Å². The van der Waals surface area contributed by atoms with E-state index < -0.39 is 14.8 Å². The molecule has 0 unspecified atom stereocenters. The molecule has 0 bridgehead atoms. The SMILES string of the molecule is CC(C)(C)S(=O)(=O)NCCCCCNc1ccc(CCCC=O)cc1. The molecule has 6 heteroatoms. The maximum absolute atomic E-state index is 11.9. The lowest BCUT2D eigenvalue weighted by molar-refractivity contribution is -0.107. The molecule has 0 aliphatic heterocycles. The van der Waals surface area contributed by atoms with Crippen LogP contribution in [-0.4, -0.2) is 32.5 Å². The quantitative estimate of drug-likeness (QED) is 0.437. The standard InChI is InChI=1S/C19H32N2O3S/c1-19(2,3)25(23,24)21-15-7-4-6-14-20-18-12-10-17(11-13-18)9-5-8-16-22/h10-13,16,20-21H,4-9,14-15H2,1-3H3. The molecular weight excluding hydrogens is 336 g/mol. The number of sulfonamides is 1. The average Bonchev–Trinajstić information content (AvgIpc) is 2.54. The zero-order valence-electron chi connectivity index (χ0n) is 15.7. The number of unbranched alkanes of at least 4 members (excludes halogenated alkanes) is 3. The van der Waals surface area contributed by atoms with Gasteiger partial charge >= 0.3 is 0 Å². The largest absolute Gasteiger partial charge is 0.385 e. The van der Waals surface area contributed by atoms with Crippen molar-refractivity contribution in [1.29, 1.82) is 0 Å². The minimum Gasteiger partial charge on any atom is -0.385 e. The first kappa shape index (κ1) is 21.6. The van der Waals surface area contributed by atoms with E-state index >= 15 is 0 Å². The molecule has 0 aliphatic rings. The van der Waals surface area contributed by atoms with Crippen molar-refractivity contribution in [3.8, 4) is 0 Å². The van der Waals surface area contributed by atoms with E-state index in [1.165, 1.54) is 5.56 Å². The molecule has 1 rings (SSSR count). The zero-order chi connectivity index (χ0) is 18.8. The first-order valence-electron chi connectivity index (χ1n) is 9.02. The summed E-state index contributed by atoms with van der Waals surface area (Å²) in [6.07, 6.45) is 6.23. The van der Waals surface area contributed by atoms with E-state index in [0.717, 1.165) is 50.6 Å². The van der Waals surface area contributed by atoms with Crippen LogP contribution in [0.5, 0.6) is 0 Å². The summed E-state index contributed by atoms with van der Waals surface area (Å²) in [5.74, 6) is 0. The van der Waals surface area contributed by atoms with Crippen molar-refractivity contribution in [1.82, 2.24) is 4.72 Å². The number of hydrogen-bond donors (Lipinski definition) is 2. The average molecular weight is 369 g/mol. The molecule has 142 valence electrons. The number of benzene rings is 1. The Hall–Kier alpha value is -1.40. The summed E-state index contributed by atoms with van der Waals surface area (Å²) in [4.78, 5) is 10.3. The summed E-state index contributed by atoms with van der Waals surface area (Å²) in [7, 11) is -3.23. The molecule has 0 radical (unpaired) electrons. The van der Waals surface area contributed by atoms with Crippen LogP contribution in [0.2, 0.25) is 0 Å². The van der Waals surface area contributed by atoms with Crippen molar-refractivity contribution in [2.75, 3.05) is 18.4 Å². The van der Waals surface area contributed by atoms with Crippen LogP contribution < -0.4 is 10.0 Å². The van der Waals surface area contributed by atoms with Gasteiger partial charge in [-0.1, -0.05) is 18.6 Å². The van der Waals surface area contributed by atoms with Gasteiger partial charge in [0.25, 0.3) is 0 Å². The second kappa shape index (κ2) is 10.6. The Morgan fingerprint density at radius 1 is 0.960 bits per heavy atom. The summed E-state index contributed by atoms with van der Waals surface area (Å²) < 4.78 is 25.7. The number of anilines is 1. The number of aryl methyl sites for hydroxylation is 1. The third-order valence-electron chi connectivity index (χ3n) is 4.02. The summed E-state index contributed by atoms with van der Waals surface area (Å²) in [6.45, 7) is 6.47. The lowest BCUT2D eigenvalue weighted by Crippen LogP contribution is -2.39. The van der Waals surface area contributed by atoms with Gasteiger partial charge in [-0.25, -0.2) is 13.1 Å². The maximum Gasteiger partial charge on any atom is 0.216 e. The van der Waals surface area contributed by atoms with Crippen LogP contribution in [0.3, 0.4) is 0 Å². The summed E-state index contributed by atoms with van der Waals surface area (Å²) in [5, 5.41) is 3.38. The van der Waals surface area contributed by atoms with Crippen molar-refractivity contribution in [3.05, 3.63) is 29.8 Å². The predicted octanol–water partition coefficient (Wildman–Crippen LogP) is 3.51. The van der Waals surface area contributed by atoms with Crippen molar-refractivity contribution in [3.63, 3.8) is 0 Å². The Morgan fingerprint density at radius 2 is 1.60 bits per heavy atom. The number of carbonyl (C=O) groups is 1. The lowest BCUT2D eigenvalue weighted by atomic mass is 10.1. The molecule has 1 aromatic carbocycles. The molecule has 0 fully saturated rings. The Labute approximate surface area is 152 Å². The van der Waals surface area contributed by atoms with E-state index in [1.54, 1.807) is 20.8 Å². The Balaban J connectivity index is 2.14. The fraction of sp³-hybridized carbons (Fsp3) is 0.632. The molecule has 0 spiro atoms. The molecule has 0 saturated carbocycles. The Morgan fingerprint density at radius 3 is 2.20 bits per heavy atom. The molecule has 1 aromatic rings. The molecule has 0 heterocycles. The minimum atomic E-state index is -3.23. The van der Waals surface area contributed by atoms with Crippen LogP contribution in [0, 0.1) is 0 Å². The lowest BCUT2D eigenvalue weighted by Gasteiger charge is -2.19. The van der Waals surface area contributed by atoms with Gasteiger partial charge in [-0.3, -0.25) is 0 Å². The van der Waals surface area contributed by atoms with Crippen molar-refractivity contribution in [2.24, 2.45) is 0 Å². The smallest absolute Gasteiger partial charge is 0.216 e. The zero-order valence-corrected chi connectivity index (χ0v) is 16.5. The van der Waals surface area contributed by atoms with E-state index in [4.69, 9.17) is 0 Å². The first-order valence-corrected chi connectivity index (χ1v) is 10.5. The summed E-state index contributed by atoms with van der Waals surface area (Å²) in [6, 6.07) is 8.31. The molecule has 5 nitrogen and oxygen atoms in total.